The molecule has 0 saturated heterocycles. The lowest BCUT2D eigenvalue weighted by molar-refractivity contribution is -0.139. The standard InChI is InChI=1S/C40H33N3O4/c44-38(45)37(42-39(46)47-26-36-34-22-12-10-20-32(34)33-21-11-13-23-35(33)36)24-31-25-43(27-41-31)40(28-14-4-1-5-15-28,29-16-6-2-7-17-29)30-18-8-3-9-19-30/h1-23,25,27,36-37H,24,26H2,(H,42,46)(H,44,45). The number of imidazole rings is 1. The summed E-state index contributed by atoms with van der Waals surface area (Å²) in [4.78, 5) is 30.1. The minimum atomic E-state index is -1.24. The number of aromatic nitrogens is 2. The van der Waals surface area contributed by atoms with E-state index in [1.807, 2.05) is 102 Å². The van der Waals surface area contributed by atoms with Crippen molar-refractivity contribution < 1.29 is 19.4 Å². The normalized spacial score (nSPS) is 12.9. The molecule has 1 aliphatic carbocycles. The van der Waals surface area contributed by atoms with Crippen molar-refractivity contribution in [2.24, 2.45) is 0 Å². The van der Waals surface area contributed by atoms with Crippen molar-refractivity contribution in [3.05, 3.63) is 186 Å². The zero-order valence-corrected chi connectivity index (χ0v) is 25.6. The molecule has 0 saturated carbocycles. The highest BCUT2D eigenvalue weighted by Gasteiger charge is 2.38. The van der Waals surface area contributed by atoms with Gasteiger partial charge in [0, 0.05) is 18.5 Å². The van der Waals surface area contributed by atoms with E-state index in [-0.39, 0.29) is 18.9 Å². The zero-order chi connectivity index (χ0) is 32.2. The number of benzene rings is 5. The number of ether oxygens (including phenoxy) is 1. The second-order valence-electron chi connectivity index (χ2n) is 11.6. The first kappa shape index (κ1) is 29.7. The smallest absolute Gasteiger partial charge is 0.407 e. The molecule has 2 N–H and O–H groups in total. The van der Waals surface area contributed by atoms with E-state index in [2.05, 4.69) is 58.8 Å². The molecule has 7 nitrogen and oxygen atoms in total. The number of hydrogen-bond donors (Lipinski definition) is 2. The van der Waals surface area contributed by atoms with Gasteiger partial charge in [-0.05, 0) is 38.9 Å². The van der Waals surface area contributed by atoms with Crippen LogP contribution >= 0.6 is 0 Å². The van der Waals surface area contributed by atoms with Crippen LogP contribution in [0.15, 0.2) is 152 Å². The molecular weight excluding hydrogens is 586 g/mol. The van der Waals surface area contributed by atoms with Gasteiger partial charge in [-0.2, -0.15) is 0 Å². The topological polar surface area (TPSA) is 93.5 Å². The molecule has 0 fully saturated rings. The monoisotopic (exact) mass is 619 g/mol. The maximum absolute atomic E-state index is 13.0. The van der Waals surface area contributed by atoms with Crippen molar-refractivity contribution >= 4 is 12.1 Å². The molecule has 1 unspecified atom stereocenters. The van der Waals surface area contributed by atoms with Crippen LogP contribution < -0.4 is 5.32 Å². The van der Waals surface area contributed by atoms with Gasteiger partial charge in [-0.25, -0.2) is 14.6 Å². The quantitative estimate of drug-likeness (QED) is 0.158. The number of amides is 1. The van der Waals surface area contributed by atoms with Crippen LogP contribution in [0.5, 0.6) is 0 Å². The number of alkyl carbamates (subject to hydrolysis) is 1. The van der Waals surface area contributed by atoms with Gasteiger partial charge in [0.05, 0.1) is 12.0 Å². The molecule has 7 rings (SSSR count). The van der Waals surface area contributed by atoms with Gasteiger partial charge in [0.2, 0.25) is 0 Å². The number of rotatable bonds is 10. The first-order valence-electron chi connectivity index (χ1n) is 15.6. The van der Waals surface area contributed by atoms with Crippen LogP contribution in [0.25, 0.3) is 11.1 Å². The summed E-state index contributed by atoms with van der Waals surface area (Å²) in [6, 6.07) is 45.4. The van der Waals surface area contributed by atoms with E-state index >= 15 is 0 Å². The molecule has 0 radical (unpaired) electrons. The Labute approximate surface area is 273 Å². The third kappa shape index (κ3) is 5.57. The van der Waals surface area contributed by atoms with E-state index < -0.39 is 23.6 Å². The molecule has 0 spiro atoms. The number of aliphatic carboxylic acids is 1. The summed E-state index contributed by atoms with van der Waals surface area (Å²) >= 11 is 0. The van der Waals surface area contributed by atoms with Gasteiger partial charge in [0.15, 0.2) is 0 Å². The van der Waals surface area contributed by atoms with Crippen molar-refractivity contribution in [2.75, 3.05) is 6.61 Å². The fourth-order valence-corrected chi connectivity index (χ4v) is 6.83. The maximum atomic E-state index is 13.0. The summed E-state index contributed by atoms with van der Waals surface area (Å²) in [7, 11) is 0. The van der Waals surface area contributed by atoms with Crippen LogP contribution in [-0.2, 0) is 21.5 Å². The van der Waals surface area contributed by atoms with Crippen LogP contribution in [-0.4, -0.2) is 39.4 Å². The predicted octanol–water partition coefficient (Wildman–Crippen LogP) is 7.26. The Morgan fingerprint density at radius 2 is 1.19 bits per heavy atom. The summed E-state index contributed by atoms with van der Waals surface area (Å²) in [5, 5.41) is 12.7. The molecule has 1 heterocycles. The highest BCUT2D eigenvalue weighted by Crippen LogP contribution is 2.44. The van der Waals surface area contributed by atoms with Crippen molar-refractivity contribution in [3.8, 4) is 11.1 Å². The van der Waals surface area contributed by atoms with E-state index in [4.69, 9.17) is 4.74 Å². The first-order valence-corrected chi connectivity index (χ1v) is 15.6. The van der Waals surface area contributed by atoms with Crippen molar-refractivity contribution in [3.63, 3.8) is 0 Å². The minimum Gasteiger partial charge on any atom is -0.480 e. The average Bonchev–Trinajstić information content (AvgIpc) is 3.71. The second-order valence-corrected chi connectivity index (χ2v) is 11.6. The van der Waals surface area contributed by atoms with Crippen LogP contribution in [0, 0.1) is 0 Å². The van der Waals surface area contributed by atoms with E-state index in [0.717, 1.165) is 38.9 Å². The Kier molecular flexibility index (Phi) is 8.11. The summed E-state index contributed by atoms with van der Waals surface area (Å²) < 4.78 is 7.67. The number of carboxylic acid groups (broad SMARTS) is 1. The Balaban J connectivity index is 1.14. The summed E-state index contributed by atoms with van der Waals surface area (Å²) in [6.45, 7) is 0.0918. The highest BCUT2D eigenvalue weighted by molar-refractivity contribution is 5.81. The number of fused-ring (bicyclic) bond motifs is 3. The second kappa shape index (κ2) is 12.8. The Morgan fingerprint density at radius 1 is 0.723 bits per heavy atom. The summed E-state index contributed by atoms with van der Waals surface area (Å²) in [5.74, 6) is -1.30. The molecule has 232 valence electrons. The lowest BCUT2D eigenvalue weighted by Gasteiger charge is -2.37. The van der Waals surface area contributed by atoms with Crippen LogP contribution in [0.4, 0.5) is 4.79 Å². The fourth-order valence-electron chi connectivity index (χ4n) is 6.83. The number of nitrogens with one attached hydrogen (secondary N) is 1. The third-order valence-electron chi connectivity index (χ3n) is 8.95. The lowest BCUT2D eigenvalue weighted by atomic mass is 9.77. The first-order chi connectivity index (χ1) is 23.1. The lowest BCUT2D eigenvalue weighted by Crippen LogP contribution is -2.43. The highest BCUT2D eigenvalue weighted by atomic mass is 16.5. The number of carbonyl (C=O) groups is 2. The molecule has 1 aliphatic rings. The number of hydrogen-bond acceptors (Lipinski definition) is 4. The molecule has 7 heteroatoms. The third-order valence-corrected chi connectivity index (χ3v) is 8.95. The van der Waals surface area contributed by atoms with Gasteiger partial charge in [0.25, 0.3) is 0 Å². The summed E-state index contributed by atoms with van der Waals surface area (Å²) in [5.41, 5.74) is 7.20. The molecule has 1 amide bonds. The molecule has 5 aromatic carbocycles. The molecule has 0 bridgehead atoms. The van der Waals surface area contributed by atoms with Gasteiger partial charge in [-0.15, -0.1) is 0 Å². The maximum Gasteiger partial charge on any atom is 0.407 e. The van der Waals surface area contributed by atoms with Crippen LogP contribution in [0.2, 0.25) is 0 Å². The molecule has 1 aromatic heterocycles. The van der Waals surface area contributed by atoms with Crippen LogP contribution in [0.1, 0.15) is 39.4 Å². The largest absolute Gasteiger partial charge is 0.480 e. The van der Waals surface area contributed by atoms with Crippen LogP contribution in [0.3, 0.4) is 0 Å². The molecule has 6 aromatic rings. The van der Waals surface area contributed by atoms with E-state index in [9.17, 15) is 14.7 Å². The molecule has 0 aliphatic heterocycles. The van der Waals surface area contributed by atoms with Gasteiger partial charge in [-0.1, -0.05) is 140 Å². The van der Waals surface area contributed by atoms with Gasteiger partial charge in [-0.3, -0.25) is 0 Å². The number of carboxylic acids is 1. The van der Waals surface area contributed by atoms with Gasteiger partial charge >= 0.3 is 12.1 Å². The zero-order valence-electron chi connectivity index (χ0n) is 25.6. The Morgan fingerprint density at radius 3 is 1.68 bits per heavy atom. The van der Waals surface area contributed by atoms with Crippen molar-refractivity contribution in [1.29, 1.82) is 0 Å². The fraction of sp³-hybridized carbons (Fsp3) is 0.125. The molecule has 1 atom stereocenters. The van der Waals surface area contributed by atoms with Crippen molar-refractivity contribution in [2.45, 2.75) is 23.9 Å². The minimum absolute atomic E-state index is 0.0268. The summed E-state index contributed by atoms with van der Waals surface area (Å²) in [6.07, 6.45) is 2.78. The number of carbonyl (C=O) groups excluding carboxylic acids is 1. The van der Waals surface area contributed by atoms with E-state index in [0.29, 0.717) is 5.69 Å². The Hall–Kier alpha value is -5.95. The van der Waals surface area contributed by atoms with E-state index in [1.54, 1.807) is 6.33 Å². The van der Waals surface area contributed by atoms with E-state index in [1.165, 1.54) is 0 Å². The molecular formula is C40H33N3O4. The Bertz CT molecular complexity index is 1870. The number of nitrogens with zero attached hydrogens (tertiary/aromatic N) is 2. The van der Waals surface area contributed by atoms with Gasteiger partial charge < -0.3 is 19.7 Å². The van der Waals surface area contributed by atoms with Crippen molar-refractivity contribution in [1.82, 2.24) is 14.9 Å². The average molecular weight is 620 g/mol. The SMILES string of the molecule is O=C(NC(Cc1cn(C(c2ccccc2)(c2ccccc2)c2ccccc2)cn1)C(=O)O)OCC1c2ccccc2-c2ccccc21. The molecule has 47 heavy (non-hydrogen) atoms. The predicted molar refractivity (Wildman–Crippen MR) is 180 cm³/mol. The van der Waals surface area contributed by atoms with Gasteiger partial charge in [0.1, 0.15) is 18.2 Å².